The number of likely N-dealkylation sites (tertiary alicyclic amines) is 1. The summed E-state index contributed by atoms with van der Waals surface area (Å²) >= 11 is 10.1. The molecule has 4 aromatic rings. The van der Waals surface area contributed by atoms with Crippen LogP contribution in [0.5, 0.6) is 0 Å². The molecule has 3 aromatic heterocycles. The average Bonchev–Trinajstić information content (AvgIpc) is 3.25. The SMILES string of the molecule is Cc1ccc(S)cc1.Fc1cnc(-c2c[nH]c3ncc(Cl)cc23)nc1NC1CCCN(CC(F)(F)F)C1. The summed E-state index contributed by atoms with van der Waals surface area (Å²) in [6.07, 6.45) is 1.13. The van der Waals surface area contributed by atoms with Gasteiger partial charge in [-0.25, -0.2) is 19.3 Å². The third kappa shape index (κ3) is 7.56. The molecular weight excluding hydrogens is 528 g/mol. The van der Waals surface area contributed by atoms with Gasteiger partial charge >= 0.3 is 6.18 Å². The first kappa shape index (κ1) is 27.2. The van der Waals surface area contributed by atoms with Gasteiger partial charge in [0.2, 0.25) is 0 Å². The smallest absolute Gasteiger partial charge is 0.363 e. The predicted octanol–water partition coefficient (Wildman–Crippen LogP) is 6.53. The number of pyridine rings is 1. The van der Waals surface area contributed by atoms with Crippen LogP contribution in [0.25, 0.3) is 22.4 Å². The van der Waals surface area contributed by atoms with Crippen molar-refractivity contribution in [3.8, 4) is 11.4 Å². The molecule has 1 atom stereocenters. The minimum absolute atomic E-state index is 0.0433. The maximum atomic E-state index is 14.3. The van der Waals surface area contributed by atoms with Crippen molar-refractivity contribution >= 4 is 41.1 Å². The maximum absolute atomic E-state index is 14.3. The summed E-state index contributed by atoms with van der Waals surface area (Å²) in [6.45, 7) is 1.60. The molecule has 196 valence electrons. The Hall–Kier alpha value is -2.89. The van der Waals surface area contributed by atoms with Crippen LogP contribution in [0, 0.1) is 12.7 Å². The normalized spacial score (nSPS) is 16.4. The molecular formula is C25H25ClF4N6S. The molecule has 0 aliphatic carbocycles. The van der Waals surface area contributed by atoms with E-state index < -0.39 is 18.5 Å². The number of thiol groups is 1. The number of benzene rings is 1. The molecule has 1 aromatic carbocycles. The van der Waals surface area contributed by atoms with Crippen LogP contribution in [0.4, 0.5) is 23.4 Å². The minimum Gasteiger partial charge on any atom is -0.363 e. The molecule has 1 unspecified atom stereocenters. The second-order valence-electron chi connectivity index (χ2n) is 8.81. The van der Waals surface area contributed by atoms with E-state index in [1.165, 1.54) is 16.7 Å². The molecule has 1 saturated heterocycles. The number of piperidine rings is 1. The van der Waals surface area contributed by atoms with E-state index in [-0.39, 0.29) is 24.2 Å². The van der Waals surface area contributed by atoms with Crippen LogP contribution in [-0.4, -0.2) is 56.7 Å². The summed E-state index contributed by atoms with van der Waals surface area (Å²) in [6, 6.07) is 9.41. The first-order valence-corrected chi connectivity index (χ1v) is 12.4. The molecule has 37 heavy (non-hydrogen) atoms. The fourth-order valence-electron chi connectivity index (χ4n) is 4.07. The fraction of sp³-hybridized carbons (Fsp3) is 0.320. The van der Waals surface area contributed by atoms with Gasteiger partial charge in [-0.2, -0.15) is 13.2 Å². The molecule has 1 fully saturated rings. The quantitative estimate of drug-likeness (QED) is 0.198. The summed E-state index contributed by atoms with van der Waals surface area (Å²) in [5.41, 5.74) is 2.46. The van der Waals surface area contributed by atoms with E-state index in [0.29, 0.717) is 41.0 Å². The van der Waals surface area contributed by atoms with E-state index in [2.05, 4.69) is 44.8 Å². The van der Waals surface area contributed by atoms with Crippen molar-refractivity contribution in [2.75, 3.05) is 25.0 Å². The third-order valence-corrected chi connectivity index (χ3v) is 6.27. The standard InChI is InChI=1S/C18H17ClF4N6.C7H8S/c19-10-4-12-13(6-25-15(12)24-5-10)16-26-7-14(20)17(28-16)27-11-2-1-3-29(8-11)9-18(21,22)23;1-6-2-4-7(8)5-3-6/h4-7,11H,1-3,8-9H2,(H,24,25)(H,26,27,28);2-5,8H,1H3. The molecule has 0 radical (unpaired) electrons. The number of hydrogen-bond acceptors (Lipinski definition) is 6. The highest BCUT2D eigenvalue weighted by molar-refractivity contribution is 7.80. The van der Waals surface area contributed by atoms with Gasteiger partial charge in [-0.1, -0.05) is 29.3 Å². The summed E-state index contributed by atoms with van der Waals surface area (Å²) in [5.74, 6) is -0.455. The van der Waals surface area contributed by atoms with Gasteiger partial charge in [-0.15, -0.1) is 12.6 Å². The van der Waals surface area contributed by atoms with Crippen molar-refractivity contribution in [2.45, 2.75) is 36.9 Å². The van der Waals surface area contributed by atoms with Gasteiger partial charge in [0.25, 0.3) is 0 Å². The van der Waals surface area contributed by atoms with Gasteiger partial charge < -0.3 is 10.3 Å². The minimum atomic E-state index is -4.26. The van der Waals surface area contributed by atoms with E-state index >= 15 is 0 Å². The predicted molar refractivity (Wildman–Crippen MR) is 140 cm³/mol. The summed E-state index contributed by atoms with van der Waals surface area (Å²) in [5, 5.41) is 4.06. The van der Waals surface area contributed by atoms with E-state index in [9.17, 15) is 17.6 Å². The number of aromatic amines is 1. The Balaban J connectivity index is 0.000000342. The fourth-order valence-corrected chi connectivity index (χ4v) is 4.38. The largest absolute Gasteiger partial charge is 0.401 e. The number of H-pyrrole nitrogens is 1. The number of anilines is 1. The zero-order chi connectivity index (χ0) is 26.6. The van der Waals surface area contributed by atoms with Gasteiger partial charge in [0.05, 0.1) is 17.8 Å². The number of fused-ring (bicyclic) bond motifs is 1. The number of nitrogens with one attached hydrogen (secondary N) is 2. The van der Waals surface area contributed by atoms with Gasteiger partial charge in [-0.3, -0.25) is 4.90 Å². The van der Waals surface area contributed by atoms with Crippen molar-refractivity contribution in [3.05, 3.63) is 65.3 Å². The summed E-state index contributed by atoms with van der Waals surface area (Å²) in [4.78, 5) is 17.8. The molecule has 0 spiro atoms. The zero-order valence-electron chi connectivity index (χ0n) is 19.9. The highest BCUT2D eigenvalue weighted by Crippen LogP contribution is 2.29. The highest BCUT2D eigenvalue weighted by Gasteiger charge is 2.33. The van der Waals surface area contributed by atoms with Gasteiger partial charge in [0.1, 0.15) is 5.65 Å². The van der Waals surface area contributed by atoms with Gasteiger partial charge in [0, 0.05) is 40.8 Å². The second-order valence-corrected chi connectivity index (χ2v) is 9.76. The topological polar surface area (TPSA) is 69.7 Å². The van der Waals surface area contributed by atoms with Crippen molar-refractivity contribution in [3.63, 3.8) is 0 Å². The average molecular weight is 553 g/mol. The first-order chi connectivity index (χ1) is 17.6. The number of aromatic nitrogens is 4. The van der Waals surface area contributed by atoms with Gasteiger partial charge in [0.15, 0.2) is 17.5 Å². The molecule has 0 bridgehead atoms. The molecule has 1 aliphatic rings. The van der Waals surface area contributed by atoms with Crippen LogP contribution in [0.15, 0.2) is 53.8 Å². The van der Waals surface area contributed by atoms with Crippen LogP contribution in [0.3, 0.4) is 0 Å². The summed E-state index contributed by atoms with van der Waals surface area (Å²) in [7, 11) is 0. The first-order valence-electron chi connectivity index (χ1n) is 11.5. The van der Waals surface area contributed by atoms with Crippen molar-refractivity contribution < 1.29 is 17.6 Å². The second kappa shape index (κ2) is 11.7. The third-order valence-electron chi connectivity index (χ3n) is 5.77. The molecule has 12 heteroatoms. The number of nitrogens with zero attached hydrogens (tertiary/aromatic N) is 4. The van der Waals surface area contributed by atoms with Crippen LogP contribution in [0.1, 0.15) is 18.4 Å². The number of aryl methyl sites for hydroxylation is 1. The van der Waals surface area contributed by atoms with Crippen molar-refractivity contribution in [1.82, 2.24) is 24.8 Å². The number of alkyl halides is 3. The lowest BCUT2D eigenvalue weighted by Gasteiger charge is -2.33. The van der Waals surface area contributed by atoms with Crippen LogP contribution in [0.2, 0.25) is 5.02 Å². The number of rotatable bonds is 4. The lowest BCUT2D eigenvalue weighted by molar-refractivity contribution is -0.147. The molecule has 1 aliphatic heterocycles. The van der Waals surface area contributed by atoms with Crippen LogP contribution >= 0.6 is 24.2 Å². The van der Waals surface area contributed by atoms with Crippen LogP contribution < -0.4 is 5.32 Å². The zero-order valence-corrected chi connectivity index (χ0v) is 21.5. The van der Waals surface area contributed by atoms with Crippen molar-refractivity contribution in [1.29, 1.82) is 0 Å². The van der Waals surface area contributed by atoms with E-state index in [1.807, 2.05) is 24.3 Å². The van der Waals surface area contributed by atoms with E-state index in [4.69, 9.17) is 11.6 Å². The Morgan fingerprint density at radius 2 is 1.95 bits per heavy atom. The molecule has 6 nitrogen and oxygen atoms in total. The number of hydrogen-bond donors (Lipinski definition) is 3. The van der Waals surface area contributed by atoms with E-state index in [0.717, 1.165) is 11.1 Å². The van der Waals surface area contributed by atoms with Crippen LogP contribution in [-0.2, 0) is 0 Å². The lowest BCUT2D eigenvalue weighted by atomic mass is 10.1. The van der Waals surface area contributed by atoms with Crippen molar-refractivity contribution in [2.24, 2.45) is 0 Å². The summed E-state index contributed by atoms with van der Waals surface area (Å²) < 4.78 is 52.3. The molecule has 4 heterocycles. The Labute approximate surface area is 221 Å². The maximum Gasteiger partial charge on any atom is 0.401 e. The number of halogens is 5. The molecule has 2 N–H and O–H groups in total. The Morgan fingerprint density at radius 3 is 2.65 bits per heavy atom. The monoisotopic (exact) mass is 552 g/mol. The Kier molecular flexibility index (Phi) is 8.56. The molecule has 0 amide bonds. The molecule has 0 saturated carbocycles. The van der Waals surface area contributed by atoms with E-state index in [1.54, 1.807) is 12.3 Å². The Bertz CT molecular complexity index is 1320. The highest BCUT2D eigenvalue weighted by atomic mass is 35.5. The van der Waals surface area contributed by atoms with Gasteiger partial charge in [-0.05, 0) is 44.5 Å². The Morgan fingerprint density at radius 1 is 1.19 bits per heavy atom. The lowest BCUT2D eigenvalue weighted by Crippen LogP contribution is -2.46. The molecule has 5 rings (SSSR count).